The molecule has 25 heavy (non-hydrogen) atoms. The molecule has 0 aliphatic heterocycles. The van der Waals surface area contributed by atoms with Crippen molar-refractivity contribution in [2.45, 2.75) is 13.8 Å². The van der Waals surface area contributed by atoms with E-state index in [1.807, 2.05) is 13.8 Å². The molecule has 0 saturated heterocycles. The molecule has 0 fully saturated rings. The van der Waals surface area contributed by atoms with Crippen molar-refractivity contribution in [1.82, 2.24) is 4.90 Å². The van der Waals surface area contributed by atoms with Gasteiger partial charge in [-0.05, 0) is 50.2 Å². The molecule has 0 saturated carbocycles. The molecular formula is C19H21ClN2O3. The van der Waals surface area contributed by atoms with E-state index in [1.54, 1.807) is 53.4 Å². The van der Waals surface area contributed by atoms with Gasteiger partial charge in [0.05, 0.1) is 5.02 Å². The summed E-state index contributed by atoms with van der Waals surface area (Å²) < 4.78 is 5.39. The minimum absolute atomic E-state index is 0.0232. The minimum Gasteiger partial charge on any atom is -0.482 e. The first kappa shape index (κ1) is 18.8. The molecule has 2 aromatic carbocycles. The minimum atomic E-state index is -0.303. The lowest BCUT2D eigenvalue weighted by atomic mass is 10.2. The molecule has 5 nitrogen and oxygen atoms in total. The van der Waals surface area contributed by atoms with Crippen LogP contribution in [0.15, 0.2) is 48.5 Å². The maximum absolute atomic E-state index is 12.2. The van der Waals surface area contributed by atoms with Gasteiger partial charge in [0.2, 0.25) is 0 Å². The summed E-state index contributed by atoms with van der Waals surface area (Å²) in [5.41, 5.74) is 1.19. The monoisotopic (exact) mass is 360 g/mol. The van der Waals surface area contributed by atoms with E-state index < -0.39 is 0 Å². The Kier molecular flexibility index (Phi) is 6.83. The van der Waals surface area contributed by atoms with Crippen LogP contribution < -0.4 is 10.1 Å². The van der Waals surface area contributed by atoms with Crippen molar-refractivity contribution in [2.24, 2.45) is 0 Å². The molecule has 2 aromatic rings. The lowest BCUT2D eigenvalue weighted by Gasteiger charge is -2.18. The van der Waals surface area contributed by atoms with Gasteiger partial charge < -0.3 is 15.0 Å². The van der Waals surface area contributed by atoms with Crippen LogP contribution in [0.5, 0.6) is 5.75 Å². The van der Waals surface area contributed by atoms with Crippen LogP contribution in [-0.2, 0) is 4.79 Å². The first-order valence-corrected chi connectivity index (χ1v) is 8.49. The number of nitrogens with one attached hydrogen (secondary N) is 1. The largest absolute Gasteiger partial charge is 0.482 e. The van der Waals surface area contributed by atoms with Crippen LogP contribution in [0, 0.1) is 0 Å². The third-order valence-corrected chi connectivity index (χ3v) is 3.97. The lowest BCUT2D eigenvalue weighted by Crippen LogP contribution is -2.30. The molecule has 2 rings (SSSR count). The highest BCUT2D eigenvalue weighted by Crippen LogP contribution is 2.23. The van der Waals surface area contributed by atoms with E-state index in [2.05, 4.69) is 5.32 Å². The van der Waals surface area contributed by atoms with Crippen molar-refractivity contribution in [1.29, 1.82) is 0 Å². The normalized spacial score (nSPS) is 10.2. The second kappa shape index (κ2) is 9.08. The number of carbonyl (C=O) groups excluding carboxylic acids is 2. The van der Waals surface area contributed by atoms with E-state index >= 15 is 0 Å². The Balaban J connectivity index is 1.91. The van der Waals surface area contributed by atoms with Gasteiger partial charge in [-0.15, -0.1) is 0 Å². The highest BCUT2D eigenvalue weighted by Gasteiger charge is 2.12. The standard InChI is InChI=1S/C19H21ClN2O3/c1-3-22(4-2)19(24)14-9-11-15(12-10-14)21-18(23)13-25-17-8-6-5-7-16(17)20/h5-12H,3-4,13H2,1-2H3,(H,21,23). The average molecular weight is 361 g/mol. The van der Waals surface area contributed by atoms with Crippen molar-refractivity contribution in [3.05, 3.63) is 59.1 Å². The van der Waals surface area contributed by atoms with E-state index in [0.717, 1.165) is 0 Å². The molecule has 0 atom stereocenters. The third-order valence-electron chi connectivity index (χ3n) is 3.66. The summed E-state index contributed by atoms with van der Waals surface area (Å²) in [7, 11) is 0. The number of ether oxygens (including phenoxy) is 1. The van der Waals surface area contributed by atoms with Crippen LogP contribution in [0.4, 0.5) is 5.69 Å². The maximum atomic E-state index is 12.2. The van der Waals surface area contributed by atoms with Gasteiger partial charge in [0.25, 0.3) is 11.8 Å². The summed E-state index contributed by atoms with van der Waals surface area (Å²) in [6.45, 7) is 5.05. The quantitative estimate of drug-likeness (QED) is 0.816. The number of para-hydroxylation sites is 1. The Bertz CT molecular complexity index is 728. The molecule has 6 heteroatoms. The van der Waals surface area contributed by atoms with Gasteiger partial charge in [-0.1, -0.05) is 23.7 Å². The molecule has 0 unspecified atom stereocenters. The number of hydrogen-bond acceptors (Lipinski definition) is 3. The highest BCUT2D eigenvalue weighted by molar-refractivity contribution is 6.32. The number of carbonyl (C=O) groups is 2. The molecule has 132 valence electrons. The first-order valence-electron chi connectivity index (χ1n) is 8.11. The van der Waals surface area contributed by atoms with Gasteiger partial charge in [0.1, 0.15) is 5.75 Å². The summed E-state index contributed by atoms with van der Waals surface area (Å²) in [6.07, 6.45) is 0. The van der Waals surface area contributed by atoms with Gasteiger partial charge in [0, 0.05) is 24.3 Å². The molecule has 1 N–H and O–H groups in total. The summed E-state index contributed by atoms with van der Waals surface area (Å²) >= 11 is 5.97. The number of nitrogens with zero attached hydrogens (tertiary/aromatic N) is 1. The molecule has 0 aliphatic carbocycles. The zero-order valence-corrected chi connectivity index (χ0v) is 15.0. The topological polar surface area (TPSA) is 58.6 Å². The molecule has 2 amide bonds. The van der Waals surface area contributed by atoms with E-state index in [4.69, 9.17) is 16.3 Å². The number of halogens is 1. The second-order valence-electron chi connectivity index (χ2n) is 5.32. The van der Waals surface area contributed by atoms with Gasteiger partial charge in [-0.2, -0.15) is 0 Å². The Labute approximate surface area is 152 Å². The average Bonchev–Trinajstić information content (AvgIpc) is 2.62. The third kappa shape index (κ3) is 5.22. The van der Waals surface area contributed by atoms with Crippen LogP contribution in [0.1, 0.15) is 24.2 Å². The Morgan fingerprint density at radius 1 is 1.04 bits per heavy atom. The number of rotatable bonds is 7. The smallest absolute Gasteiger partial charge is 0.262 e. The van der Waals surface area contributed by atoms with Gasteiger partial charge >= 0.3 is 0 Å². The number of hydrogen-bond donors (Lipinski definition) is 1. The summed E-state index contributed by atoms with van der Waals surface area (Å²) in [6, 6.07) is 13.8. The summed E-state index contributed by atoms with van der Waals surface area (Å²) in [5.74, 6) is 0.132. The first-order chi connectivity index (χ1) is 12.0. The highest BCUT2D eigenvalue weighted by atomic mass is 35.5. The van der Waals surface area contributed by atoms with Crippen molar-refractivity contribution < 1.29 is 14.3 Å². The van der Waals surface area contributed by atoms with E-state index in [-0.39, 0.29) is 18.4 Å². The van der Waals surface area contributed by atoms with Crippen LogP contribution in [-0.4, -0.2) is 36.4 Å². The number of benzene rings is 2. The molecule has 0 radical (unpaired) electrons. The maximum Gasteiger partial charge on any atom is 0.262 e. The van der Waals surface area contributed by atoms with Crippen LogP contribution in [0.25, 0.3) is 0 Å². The van der Waals surface area contributed by atoms with E-state index in [0.29, 0.717) is 35.1 Å². The van der Waals surface area contributed by atoms with Crippen molar-refractivity contribution >= 4 is 29.1 Å². The molecule has 0 spiro atoms. The zero-order valence-electron chi connectivity index (χ0n) is 14.3. The molecule has 0 aromatic heterocycles. The summed E-state index contributed by atoms with van der Waals surface area (Å²) in [5, 5.41) is 3.18. The van der Waals surface area contributed by atoms with E-state index in [9.17, 15) is 9.59 Å². The second-order valence-corrected chi connectivity index (χ2v) is 5.73. The SMILES string of the molecule is CCN(CC)C(=O)c1ccc(NC(=O)COc2ccccc2Cl)cc1. The van der Waals surface area contributed by atoms with Gasteiger partial charge in [-0.3, -0.25) is 9.59 Å². The van der Waals surface area contributed by atoms with Crippen LogP contribution >= 0.6 is 11.6 Å². The molecule has 0 heterocycles. The Morgan fingerprint density at radius 2 is 1.68 bits per heavy atom. The predicted octanol–water partition coefficient (Wildman–Crippen LogP) is 3.84. The van der Waals surface area contributed by atoms with Crippen LogP contribution in [0.3, 0.4) is 0 Å². The predicted molar refractivity (Wildman–Crippen MR) is 99.3 cm³/mol. The fourth-order valence-corrected chi connectivity index (χ4v) is 2.48. The number of amides is 2. The molecular weight excluding hydrogens is 340 g/mol. The van der Waals surface area contributed by atoms with Crippen molar-refractivity contribution in [2.75, 3.05) is 25.0 Å². The zero-order chi connectivity index (χ0) is 18.2. The van der Waals surface area contributed by atoms with Gasteiger partial charge in [-0.25, -0.2) is 0 Å². The Morgan fingerprint density at radius 3 is 2.28 bits per heavy atom. The summed E-state index contributed by atoms with van der Waals surface area (Å²) in [4.78, 5) is 25.9. The molecule has 0 bridgehead atoms. The fraction of sp³-hybridized carbons (Fsp3) is 0.263. The fourth-order valence-electron chi connectivity index (χ4n) is 2.29. The Hall–Kier alpha value is -2.53. The van der Waals surface area contributed by atoms with Crippen molar-refractivity contribution in [3.8, 4) is 5.75 Å². The van der Waals surface area contributed by atoms with Crippen molar-refractivity contribution in [3.63, 3.8) is 0 Å². The van der Waals surface area contributed by atoms with E-state index in [1.165, 1.54) is 0 Å². The van der Waals surface area contributed by atoms with Gasteiger partial charge in [0.15, 0.2) is 6.61 Å². The number of anilines is 1. The molecule has 0 aliphatic rings. The lowest BCUT2D eigenvalue weighted by molar-refractivity contribution is -0.118. The van der Waals surface area contributed by atoms with Crippen LogP contribution in [0.2, 0.25) is 5.02 Å².